The Morgan fingerprint density at radius 3 is 3.00 bits per heavy atom. The van der Waals surface area contributed by atoms with Crippen LogP contribution < -0.4 is 0 Å². The molecule has 0 spiro atoms. The maximum atomic E-state index is 13.0. The van der Waals surface area contributed by atoms with Gasteiger partial charge in [-0.1, -0.05) is 24.3 Å². The molecule has 1 aromatic heterocycles. The van der Waals surface area contributed by atoms with Gasteiger partial charge in [-0.2, -0.15) is 5.10 Å². The predicted molar refractivity (Wildman–Crippen MR) is 98.6 cm³/mol. The van der Waals surface area contributed by atoms with E-state index in [4.69, 9.17) is 0 Å². The maximum absolute atomic E-state index is 13.0. The van der Waals surface area contributed by atoms with Gasteiger partial charge in [-0.3, -0.25) is 9.89 Å². The first-order valence-electron chi connectivity index (χ1n) is 9.58. The molecule has 0 bridgehead atoms. The Morgan fingerprint density at radius 2 is 2.16 bits per heavy atom. The average Bonchev–Trinajstić information content (AvgIpc) is 3.09. The smallest absolute Gasteiger partial charge is 0.223 e. The molecule has 1 saturated heterocycles. The number of likely N-dealkylation sites (tertiary alicyclic amines) is 1. The molecule has 2 heterocycles. The number of aromatic amines is 1. The van der Waals surface area contributed by atoms with Gasteiger partial charge < -0.3 is 4.90 Å². The molecular formula is C21H27N3O. The minimum absolute atomic E-state index is 0.318. The summed E-state index contributed by atoms with van der Waals surface area (Å²) in [7, 11) is 0. The molecule has 0 radical (unpaired) electrons. The molecule has 2 atom stereocenters. The van der Waals surface area contributed by atoms with Gasteiger partial charge in [-0.15, -0.1) is 0 Å². The van der Waals surface area contributed by atoms with Gasteiger partial charge >= 0.3 is 0 Å². The van der Waals surface area contributed by atoms with Crippen LogP contribution in [0.15, 0.2) is 30.3 Å². The molecule has 1 aliphatic carbocycles. The van der Waals surface area contributed by atoms with Crippen LogP contribution in [0.25, 0.3) is 0 Å². The lowest BCUT2D eigenvalue weighted by atomic mass is 9.80. The maximum Gasteiger partial charge on any atom is 0.223 e. The summed E-state index contributed by atoms with van der Waals surface area (Å²) in [6.07, 6.45) is 6.35. The van der Waals surface area contributed by atoms with Gasteiger partial charge in [0.2, 0.25) is 5.91 Å². The monoisotopic (exact) mass is 337 g/mol. The number of H-pyrrole nitrogens is 1. The molecule has 4 rings (SSSR count). The molecule has 1 fully saturated rings. The summed E-state index contributed by atoms with van der Waals surface area (Å²) in [5.41, 5.74) is 5.05. The van der Waals surface area contributed by atoms with Crippen LogP contribution in [0, 0.1) is 6.92 Å². The van der Waals surface area contributed by atoms with Crippen LogP contribution in [-0.4, -0.2) is 34.1 Å². The lowest BCUT2D eigenvalue weighted by Crippen LogP contribution is -2.40. The Labute approximate surface area is 149 Å². The summed E-state index contributed by atoms with van der Waals surface area (Å²) < 4.78 is 0. The van der Waals surface area contributed by atoms with Gasteiger partial charge in [0, 0.05) is 31.1 Å². The minimum Gasteiger partial charge on any atom is -0.342 e. The highest BCUT2D eigenvalue weighted by Crippen LogP contribution is 2.35. The van der Waals surface area contributed by atoms with Crippen molar-refractivity contribution in [3.8, 4) is 0 Å². The molecule has 1 N–H and O–H groups in total. The van der Waals surface area contributed by atoms with Crippen LogP contribution in [0.2, 0.25) is 0 Å². The van der Waals surface area contributed by atoms with Gasteiger partial charge in [0.25, 0.3) is 0 Å². The van der Waals surface area contributed by atoms with Crippen molar-refractivity contribution in [1.29, 1.82) is 0 Å². The number of aromatic nitrogens is 2. The Kier molecular flexibility index (Phi) is 4.60. The van der Waals surface area contributed by atoms with Gasteiger partial charge in [-0.05, 0) is 62.1 Å². The highest BCUT2D eigenvalue weighted by Gasteiger charge is 2.29. The molecule has 25 heavy (non-hydrogen) atoms. The molecule has 4 nitrogen and oxygen atoms in total. The molecule has 1 amide bonds. The number of hydrogen-bond acceptors (Lipinski definition) is 2. The first-order valence-corrected chi connectivity index (χ1v) is 9.58. The third-order valence-electron chi connectivity index (χ3n) is 5.83. The Morgan fingerprint density at radius 1 is 1.28 bits per heavy atom. The fraction of sp³-hybridized carbons (Fsp3) is 0.524. The van der Waals surface area contributed by atoms with E-state index in [0.717, 1.165) is 50.2 Å². The zero-order valence-electron chi connectivity index (χ0n) is 15.0. The summed E-state index contributed by atoms with van der Waals surface area (Å²) in [5, 5.41) is 7.45. The largest absolute Gasteiger partial charge is 0.342 e. The summed E-state index contributed by atoms with van der Waals surface area (Å²) in [6, 6.07) is 10.8. The average molecular weight is 337 g/mol. The molecular weight excluding hydrogens is 310 g/mol. The molecule has 132 valence electrons. The van der Waals surface area contributed by atoms with Crippen molar-refractivity contribution in [2.45, 2.75) is 57.3 Å². The first-order chi connectivity index (χ1) is 12.2. The van der Waals surface area contributed by atoms with Crippen LogP contribution in [0.3, 0.4) is 0 Å². The van der Waals surface area contributed by atoms with E-state index < -0.39 is 0 Å². The van der Waals surface area contributed by atoms with E-state index in [-0.39, 0.29) is 0 Å². The third-order valence-corrected chi connectivity index (χ3v) is 5.83. The second kappa shape index (κ2) is 7.03. The number of carbonyl (C=O) groups is 1. The molecule has 4 heteroatoms. The summed E-state index contributed by atoms with van der Waals surface area (Å²) in [5.74, 6) is 1.09. The number of rotatable bonds is 3. The number of fused-ring (bicyclic) bond motifs is 1. The Bertz CT molecular complexity index is 751. The van der Waals surface area contributed by atoms with Gasteiger partial charge in [0.15, 0.2) is 0 Å². The fourth-order valence-electron chi connectivity index (χ4n) is 4.50. The van der Waals surface area contributed by atoms with Crippen LogP contribution in [0.4, 0.5) is 0 Å². The number of nitrogens with one attached hydrogen (secondary N) is 1. The lowest BCUT2D eigenvalue weighted by molar-refractivity contribution is -0.132. The zero-order valence-corrected chi connectivity index (χ0v) is 15.0. The zero-order chi connectivity index (χ0) is 17.2. The number of benzene rings is 1. The van der Waals surface area contributed by atoms with Crippen molar-refractivity contribution in [2.24, 2.45) is 0 Å². The topological polar surface area (TPSA) is 49.0 Å². The molecule has 0 saturated carbocycles. The van der Waals surface area contributed by atoms with E-state index in [2.05, 4.69) is 45.4 Å². The summed E-state index contributed by atoms with van der Waals surface area (Å²) >= 11 is 0. The molecule has 2 aliphatic rings. The quantitative estimate of drug-likeness (QED) is 0.922. The Hall–Kier alpha value is -2.10. The normalized spacial score (nSPS) is 23.3. The number of nitrogens with zero attached hydrogens (tertiary/aromatic N) is 2. The molecule has 0 unspecified atom stereocenters. The van der Waals surface area contributed by atoms with Crippen LogP contribution in [-0.2, 0) is 11.2 Å². The van der Waals surface area contributed by atoms with Gasteiger partial charge in [-0.25, -0.2) is 0 Å². The van der Waals surface area contributed by atoms with Crippen molar-refractivity contribution in [1.82, 2.24) is 15.1 Å². The van der Waals surface area contributed by atoms with Crippen molar-refractivity contribution in [3.63, 3.8) is 0 Å². The van der Waals surface area contributed by atoms with Crippen LogP contribution >= 0.6 is 0 Å². The highest BCUT2D eigenvalue weighted by molar-refractivity contribution is 5.77. The highest BCUT2D eigenvalue weighted by atomic mass is 16.2. The van der Waals surface area contributed by atoms with E-state index in [9.17, 15) is 4.79 Å². The molecule has 1 aromatic carbocycles. The number of amides is 1. The van der Waals surface area contributed by atoms with E-state index >= 15 is 0 Å². The van der Waals surface area contributed by atoms with Gasteiger partial charge in [0.1, 0.15) is 0 Å². The minimum atomic E-state index is 0.318. The van der Waals surface area contributed by atoms with E-state index in [1.54, 1.807) is 0 Å². The van der Waals surface area contributed by atoms with Gasteiger partial charge in [0.05, 0.1) is 5.69 Å². The standard InChI is InChI=1S/C21H27N3O/c1-15-12-20(23-22-15)18-9-5-11-24(14-18)21(25)13-17-8-4-7-16-6-2-3-10-19(16)17/h2-3,6,10,12,17-18H,4-5,7-9,11,13-14H2,1H3,(H,22,23)/t17-,18+/m1/s1. The first kappa shape index (κ1) is 16.4. The van der Waals surface area contributed by atoms with E-state index in [0.29, 0.717) is 24.2 Å². The SMILES string of the molecule is Cc1cc([C@H]2CCCN(C(=O)C[C@H]3CCCc4ccccc43)C2)n[nH]1. The summed E-state index contributed by atoms with van der Waals surface area (Å²) in [6.45, 7) is 3.74. The number of hydrogen-bond donors (Lipinski definition) is 1. The van der Waals surface area contributed by atoms with Crippen LogP contribution in [0.5, 0.6) is 0 Å². The van der Waals surface area contributed by atoms with Crippen LogP contribution in [0.1, 0.15) is 66.5 Å². The van der Waals surface area contributed by atoms with Crippen molar-refractivity contribution < 1.29 is 4.79 Å². The number of carbonyl (C=O) groups excluding carboxylic acids is 1. The lowest BCUT2D eigenvalue weighted by Gasteiger charge is -2.34. The third kappa shape index (κ3) is 3.48. The fourth-order valence-corrected chi connectivity index (χ4v) is 4.50. The summed E-state index contributed by atoms with van der Waals surface area (Å²) in [4.78, 5) is 15.0. The molecule has 2 aromatic rings. The van der Waals surface area contributed by atoms with E-state index in [1.165, 1.54) is 17.5 Å². The van der Waals surface area contributed by atoms with Crippen molar-refractivity contribution in [3.05, 3.63) is 52.8 Å². The van der Waals surface area contributed by atoms with E-state index in [1.807, 2.05) is 6.92 Å². The van der Waals surface area contributed by atoms with Crippen molar-refractivity contribution in [2.75, 3.05) is 13.1 Å². The number of piperidine rings is 1. The second-order valence-corrected chi connectivity index (χ2v) is 7.65. The molecule has 1 aliphatic heterocycles. The second-order valence-electron chi connectivity index (χ2n) is 7.65. The number of aryl methyl sites for hydroxylation is 2. The Balaban J connectivity index is 1.43. The predicted octanol–water partition coefficient (Wildman–Crippen LogP) is 3.93. The van der Waals surface area contributed by atoms with Crippen molar-refractivity contribution >= 4 is 5.91 Å².